The van der Waals surface area contributed by atoms with Crippen LogP contribution in [-0.2, 0) is 9.84 Å². The van der Waals surface area contributed by atoms with E-state index in [-0.39, 0.29) is 18.0 Å². The Bertz CT molecular complexity index is 632. The number of hydrogen-bond acceptors (Lipinski definition) is 5. The van der Waals surface area contributed by atoms with Crippen molar-refractivity contribution in [3.8, 4) is 0 Å². The zero-order valence-electron chi connectivity index (χ0n) is 10.4. The van der Waals surface area contributed by atoms with Gasteiger partial charge >= 0.3 is 11.7 Å². The third kappa shape index (κ3) is 4.80. The van der Waals surface area contributed by atoms with Gasteiger partial charge in [-0.05, 0) is 12.1 Å². The number of carbonyl (C=O) groups excluding carboxylic acids is 1. The van der Waals surface area contributed by atoms with Crippen molar-refractivity contribution in [2.24, 2.45) is 0 Å². The van der Waals surface area contributed by atoms with Crippen LogP contribution < -0.4 is 10.6 Å². The number of urea groups is 1. The molecule has 0 aliphatic rings. The van der Waals surface area contributed by atoms with Crippen molar-refractivity contribution in [2.75, 3.05) is 23.9 Å². The summed E-state index contributed by atoms with van der Waals surface area (Å²) in [7, 11) is -3.23. The van der Waals surface area contributed by atoms with E-state index in [1.807, 2.05) is 0 Å². The number of nitrogens with zero attached hydrogens (tertiary/aromatic N) is 1. The highest BCUT2D eigenvalue weighted by Crippen LogP contribution is 2.26. The minimum absolute atomic E-state index is 0.159. The molecule has 0 fully saturated rings. The van der Waals surface area contributed by atoms with Gasteiger partial charge in [0, 0.05) is 12.8 Å². The molecule has 1 rings (SSSR count). The van der Waals surface area contributed by atoms with Gasteiger partial charge in [-0.2, -0.15) is 4.39 Å². The quantitative estimate of drug-likeness (QED) is 0.619. The Kier molecular flexibility index (Phi) is 4.97. The normalized spacial score (nSPS) is 10.9. The van der Waals surface area contributed by atoms with E-state index in [0.29, 0.717) is 0 Å². The molecule has 0 saturated heterocycles. The van der Waals surface area contributed by atoms with Crippen molar-refractivity contribution >= 4 is 27.2 Å². The lowest BCUT2D eigenvalue weighted by Gasteiger charge is -2.07. The smallest absolute Gasteiger partial charge is 0.328 e. The number of anilines is 1. The van der Waals surface area contributed by atoms with Crippen LogP contribution in [0.4, 0.5) is 20.6 Å². The summed E-state index contributed by atoms with van der Waals surface area (Å²) in [6.45, 7) is -0.159. The zero-order chi connectivity index (χ0) is 15.3. The van der Waals surface area contributed by atoms with E-state index in [1.165, 1.54) is 6.07 Å². The lowest BCUT2D eigenvalue weighted by Crippen LogP contribution is -2.32. The molecule has 10 heteroatoms. The van der Waals surface area contributed by atoms with E-state index in [2.05, 4.69) is 10.6 Å². The van der Waals surface area contributed by atoms with Gasteiger partial charge in [-0.15, -0.1) is 0 Å². The van der Waals surface area contributed by atoms with E-state index < -0.39 is 32.3 Å². The van der Waals surface area contributed by atoms with Crippen LogP contribution in [0, 0.1) is 15.9 Å². The summed E-state index contributed by atoms with van der Waals surface area (Å²) in [5.41, 5.74) is -1.17. The second-order valence-corrected chi connectivity index (χ2v) is 6.16. The van der Waals surface area contributed by atoms with E-state index >= 15 is 0 Å². The number of sulfone groups is 1. The van der Waals surface area contributed by atoms with Crippen molar-refractivity contribution < 1.29 is 22.5 Å². The minimum Gasteiger partial charge on any atom is -0.337 e. The SMILES string of the molecule is CS(=O)(=O)CCNC(=O)Nc1cccc(F)c1[N+](=O)[O-]. The van der Waals surface area contributed by atoms with Crippen LogP contribution in [-0.4, -0.2) is 37.9 Å². The van der Waals surface area contributed by atoms with Gasteiger partial charge in [0.25, 0.3) is 0 Å². The molecule has 0 aliphatic carbocycles. The Morgan fingerprint density at radius 2 is 2.10 bits per heavy atom. The number of nitro groups is 1. The number of benzene rings is 1. The molecule has 0 aromatic heterocycles. The molecular formula is C10H12FN3O5S. The fraction of sp³-hybridized carbons (Fsp3) is 0.300. The molecule has 0 heterocycles. The van der Waals surface area contributed by atoms with Gasteiger partial charge in [0.05, 0.1) is 10.7 Å². The molecule has 110 valence electrons. The average Bonchev–Trinajstić information content (AvgIpc) is 2.26. The molecule has 0 radical (unpaired) electrons. The molecule has 0 bridgehead atoms. The molecular weight excluding hydrogens is 293 g/mol. The van der Waals surface area contributed by atoms with Gasteiger partial charge < -0.3 is 10.6 Å². The summed E-state index contributed by atoms with van der Waals surface area (Å²) in [4.78, 5) is 21.1. The Morgan fingerprint density at radius 1 is 1.45 bits per heavy atom. The highest BCUT2D eigenvalue weighted by Gasteiger charge is 2.21. The van der Waals surface area contributed by atoms with Crippen molar-refractivity contribution in [2.45, 2.75) is 0 Å². The van der Waals surface area contributed by atoms with Gasteiger partial charge in [-0.1, -0.05) is 6.07 Å². The first-order valence-electron chi connectivity index (χ1n) is 5.36. The largest absolute Gasteiger partial charge is 0.337 e. The van der Waals surface area contributed by atoms with E-state index in [0.717, 1.165) is 18.4 Å². The number of carbonyl (C=O) groups is 1. The van der Waals surface area contributed by atoms with Gasteiger partial charge in [0.15, 0.2) is 0 Å². The number of halogens is 1. The number of rotatable bonds is 5. The Balaban J connectivity index is 2.72. The first-order valence-corrected chi connectivity index (χ1v) is 7.42. The fourth-order valence-electron chi connectivity index (χ4n) is 1.32. The molecule has 0 atom stereocenters. The topological polar surface area (TPSA) is 118 Å². The highest BCUT2D eigenvalue weighted by molar-refractivity contribution is 7.90. The lowest BCUT2D eigenvalue weighted by atomic mass is 10.2. The van der Waals surface area contributed by atoms with Gasteiger partial charge in [-0.25, -0.2) is 13.2 Å². The molecule has 20 heavy (non-hydrogen) atoms. The molecule has 2 amide bonds. The van der Waals surface area contributed by atoms with Crippen molar-refractivity contribution in [1.29, 1.82) is 0 Å². The maximum absolute atomic E-state index is 13.3. The zero-order valence-corrected chi connectivity index (χ0v) is 11.2. The Labute approximate surface area is 114 Å². The van der Waals surface area contributed by atoms with Crippen LogP contribution in [0.15, 0.2) is 18.2 Å². The Morgan fingerprint density at radius 3 is 2.65 bits per heavy atom. The molecule has 1 aromatic rings. The molecule has 0 aliphatic heterocycles. The number of amides is 2. The third-order valence-corrected chi connectivity index (χ3v) is 3.12. The molecule has 0 saturated carbocycles. The summed E-state index contributed by atoms with van der Waals surface area (Å²) >= 11 is 0. The lowest BCUT2D eigenvalue weighted by molar-refractivity contribution is -0.386. The second kappa shape index (κ2) is 6.28. The summed E-state index contributed by atoms with van der Waals surface area (Å²) < 4.78 is 35.0. The molecule has 1 aromatic carbocycles. The predicted octanol–water partition coefficient (Wildman–Crippen LogP) is 0.900. The van der Waals surface area contributed by atoms with Crippen LogP contribution in [0.3, 0.4) is 0 Å². The molecule has 0 unspecified atom stereocenters. The number of nitro benzene ring substituents is 1. The minimum atomic E-state index is -3.23. The highest BCUT2D eigenvalue weighted by atomic mass is 32.2. The van der Waals surface area contributed by atoms with Gasteiger partial charge in [-0.3, -0.25) is 10.1 Å². The number of nitrogens with one attached hydrogen (secondary N) is 2. The monoisotopic (exact) mass is 305 g/mol. The van der Waals surface area contributed by atoms with E-state index in [4.69, 9.17) is 0 Å². The maximum atomic E-state index is 13.3. The van der Waals surface area contributed by atoms with Crippen LogP contribution in [0.5, 0.6) is 0 Å². The van der Waals surface area contributed by atoms with Crippen LogP contribution in [0.25, 0.3) is 0 Å². The van der Waals surface area contributed by atoms with Gasteiger partial charge in [0.1, 0.15) is 15.5 Å². The number of para-hydroxylation sites is 1. The second-order valence-electron chi connectivity index (χ2n) is 3.90. The van der Waals surface area contributed by atoms with Crippen molar-refractivity contribution in [1.82, 2.24) is 5.32 Å². The summed E-state index contributed by atoms with van der Waals surface area (Å²) in [6.07, 6.45) is 1.00. The predicted molar refractivity (Wildman–Crippen MR) is 69.8 cm³/mol. The van der Waals surface area contributed by atoms with Crippen molar-refractivity contribution in [3.05, 3.63) is 34.1 Å². The molecule has 8 nitrogen and oxygen atoms in total. The Hall–Kier alpha value is -2.23. The van der Waals surface area contributed by atoms with Crippen LogP contribution in [0.2, 0.25) is 0 Å². The van der Waals surface area contributed by atoms with Crippen molar-refractivity contribution in [3.63, 3.8) is 0 Å². The summed E-state index contributed by atoms with van der Waals surface area (Å²) in [5, 5.41) is 15.0. The first-order chi connectivity index (χ1) is 9.20. The fourth-order valence-corrected chi connectivity index (χ4v) is 1.79. The summed E-state index contributed by atoms with van der Waals surface area (Å²) in [6, 6.07) is 2.40. The average molecular weight is 305 g/mol. The van der Waals surface area contributed by atoms with Gasteiger partial charge in [0.2, 0.25) is 5.82 Å². The van der Waals surface area contributed by atoms with E-state index in [1.54, 1.807) is 0 Å². The number of hydrogen-bond donors (Lipinski definition) is 2. The van der Waals surface area contributed by atoms with Crippen LogP contribution in [0.1, 0.15) is 0 Å². The third-order valence-electron chi connectivity index (χ3n) is 2.18. The van der Waals surface area contributed by atoms with E-state index in [9.17, 15) is 27.7 Å². The molecule has 0 spiro atoms. The maximum Gasteiger partial charge on any atom is 0.328 e. The standard InChI is InChI=1S/C10H12FN3O5S/c1-20(18,19)6-5-12-10(15)13-8-4-2-3-7(11)9(8)14(16)17/h2-4H,5-6H2,1H3,(H2,12,13,15). The summed E-state index contributed by atoms with van der Waals surface area (Å²) in [5.74, 6) is -1.35. The van der Waals surface area contributed by atoms with Crippen LogP contribution >= 0.6 is 0 Å². The molecule has 2 N–H and O–H groups in total. The first kappa shape index (κ1) is 15.8.